The summed E-state index contributed by atoms with van der Waals surface area (Å²) in [5.74, 6) is -0.193. The van der Waals surface area contributed by atoms with Gasteiger partial charge in [-0.3, -0.25) is 0 Å². The number of halogens is 1. The molecule has 6 heteroatoms. The molecule has 3 aromatic rings. The van der Waals surface area contributed by atoms with Crippen molar-refractivity contribution in [2.45, 2.75) is 25.7 Å². The van der Waals surface area contributed by atoms with E-state index in [9.17, 15) is 9.65 Å². The van der Waals surface area contributed by atoms with Gasteiger partial charge in [0, 0.05) is 0 Å². The highest BCUT2D eigenvalue weighted by atomic mass is 19.1. The third kappa shape index (κ3) is 2.81. The highest BCUT2D eigenvalue weighted by molar-refractivity contribution is 5.57. The Bertz CT molecular complexity index is 1090. The minimum absolute atomic E-state index is 0.0386. The molecule has 1 aromatic heterocycles. The second-order valence-electron chi connectivity index (χ2n) is 6.98. The van der Waals surface area contributed by atoms with Crippen molar-refractivity contribution in [1.82, 2.24) is 9.78 Å². The van der Waals surface area contributed by atoms with Crippen molar-refractivity contribution in [2.75, 3.05) is 0 Å². The average molecular weight is 374 g/mol. The van der Waals surface area contributed by atoms with Crippen LogP contribution in [0.25, 0.3) is 5.69 Å². The molecule has 2 N–H and O–H groups in total. The van der Waals surface area contributed by atoms with E-state index in [4.69, 9.17) is 15.6 Å². The molecule has 0 radical (unpaired) electrons. The van der Waals surface area contributed by atoms with Crippen LogP contribution in [0, 0.1) is 17.1 Å². The first-order valence-corrected chi connectivity index (χ1v) is 9.02. The first-order valence-electron chi connectivity index (χ1n) is 9.02. The van der Waals surface area contributed by atoms with Crippen LogP contribution in [0.2, 0.25) is 0 Å². The molecule has 4 rings (SSSR count). The number of aromatic nitrogens is 2. The van der Waals surface area contributed by atoms with Crippen LogP contribution >= 0.6 is 0 Å². The van der Waals surface area contributed by atoms with E-state index in [-0.39, 0.29) is 17.6 Å². The maximum Gasteiger partial charge on any atom is 0.229 e. The Kier molecular flexibility index (Phi) is 4.36. The number of hydrogen-bond acceptors (Lipinski definition) is 4. The van der Waals surface area contributed by atoms with Crippen molar-refractivity contribution in [3.63, 3.8) is 0 Å². The van der Waals surface area contributed by atoms with Crippen LogP contribution in [0.3, 0.4) is 0 Å². The summed E-state index contributed by atoms with van der Waals surface area (Å²) < 4.78 is 21.1. The van der Waals surface area contributed by atoms with Crippen LogP contribution in [0.5, 0.6) is 5.88 Å². The monoisotopic (exact) mass is 374 g/mol. The molecule has 0 aliphatic carbocycles. The zero-order valence-electron chi connectivity index (χ0n) is 15.6. The van der Waals surface area contributed by atoms with Gasteiger partial charge in [-0.2, -0.15) is 10.4 Å². The van der Waals surface area contributed by atoms with Gasteiger partial charge in [-0.15, -0.1) is 0 Å². The number of ether oxygens (including phenoxy) is 1. The predicted molar refractivity (Wildman–Crippen MR) is 103 cm³/mol. The van der Waals surface area contributed by atoms with Gasteiger partial charge in [-0.1, -0.05) is 44.2 Å². The number of nitrogens with zero attached hydrogens (tertiary/aromatic N) is 3. The number of hydrogen-bond donors (Lipinski definition) is 1. The number of allylic oxidation sites excluding steroid dienone is 1. The lowest BCUT2D eigenvalue weighted by Crippen LogP contribution is -2.22. The largest absolute Gasteiger partial charge is 0.422 e. The number of para-hydroxylation sites is 1. The van der Waals surface area contributed by atoms with Crippen LogP contribution < -0.4 is 10.5 Å². The van der Waals surface area contributed by atoms with E-state index in [1.54, 1.807) is 16.8 Å². The fourth-order valence-corrected chi connectivity index (χ4v) is 3.52. The highest BCUT2D eigenvalue weighted by Gasteiger charge is 2.37. The van der Waals surface area contributed by atoms with Gasteiger partial charge in [-0.05, 0) is 35.7 Å². The molecular weight excluding hydrogens is 355 g/mol. The topological polar surface area (TPSA) is 76.9 Å². The molecule has 0 fully saturated rings. The van der Waals surface area contributed by atoms with Crippen molar-refractivity contribution in [2.24, 2.45) is 5.73 Å². The SMILES string of the molecule is CC(C)c1nn(-c2ccccc2)c2c1C(c1ccc(F)cc1)C(C#N)=C(N)O2. The summed E-state index contributed by atoms with van der Waals surface area (Å²) in [4.78, 5) is 0. The van der Waals surface area contributed by atoms with E-state index in [0.717, 1.165) is 22.5 Å². The molecule has 1 unspecified atom stereocenters. The Hall–Kier alpha value is -3.59. The Morgan fingerprint density at radius 2 is 1.82 bits per heavy atom. The number of benzene rings is 2. The van der Waals surface area contributed by atoms with E-state index in [1.807, 2.05) is 44.2 Å². The molecule has 0 saturated carbocycles. The molecule has 1 aliphatic heterocycles. The summed E-state index contributed by atoms with van der Waals surface area (Å²) in [7, 11) is 0. The quantitative estimate of drug-likeness (QED) is 0.739. The zero-order valence-corrected chi connectivity index (χ0v) is 15.6. The standard InChI is InChI=1S/C22H19FN4O/c1-13(2)20-19-18(14-8-10-15(23)11-9-14)17(12-24)21(25)28-22(19)27(26-20)16-6-4-3-5-7-16/h3-11,13,18H,25H2,1-2H3. The number of nitrogens with two attached hydrogens (primary N) is 1. The van der Waals surface area contributed by atoms with Crippen LogP contribution in [0.4, 0.5) is 4.39 Å². The second kappa shape index (κ2) is 6.86. The van der Waals surface area contributed by atoms with E-state index in [1.165, 1.54) is 12.1 Å². The van der Waals surface area contributed by atoms with E-state index < -0.39 is 5.92 Å². The normalized spacial score (nSPS) is 15.9. The van der Waals surface area contributed by atoms with E-state index in [2.05, 4.69) is 6.07 Å². The van der Waals surface area contributed by atoms with Gasteiger partial charge >= 0.3 is 0 Å². The molecule has 0 spiro atoms. The zero-order chi connectivity index (χ0) is 19.8. The Balaban J connectivity index is 2.01. The van der Waals surface area contributed by atoms with Crippen molar-refractivity contribution >= 4 is 0 Å². The van der Waals surface area contributed by atoms with Crippen molar-refractivity contribution in [3.05, 3.63) is 88.7 Å². The van der Waals surface area contributed by atoms with Crippen LogP contribution in [0.1, 0.15) is 42.5 Å². The summed E-state index contributed by atoms with van der Waals surface area (Å²) in [6.45, 7) is 4.07. The molecule has 0 bridgehead atoms. The first kappa shape index (κ1) is 17.8. The summed E-state index contributed by atoms with van der Waals surface area (Å²) >= 11 is 0. The average Bonchev–Trinajstić information content (AvgIpc) is 3.07. The lowest BCUT2D eigenvalue weighted by Gasteiger charge is -2.25. The number of fused-ring (bicyclic) bond motifs is 1. The van der Waals surface area contributed by atoms with Gasteiger partial charge in [0.2, 0.25) is 11.8 Å². The van der Waals surface area contributed by atoms with Crippen LogP contribution in [-0.2, 0) is 0 Å². The third-order valence-corrected chi connectivity index (χ3v) is 4.83. The fourth-order valence-electron chi connectivity index (χ4n) is 3.52. The summed E-state index contributed by atoms with van der Waals surface area (Å²) in [6.07, 6.45) is 0. The molecule has 0 amide bonds. The van der Waals surface area contributed by atoms with E-state index >= 15 is 0 Å². The summed E-state index contributed by atoms with van der Waals surface area (Å²) in [5.41, 5.74) is 9.61. The minimum Gasteiger partial charge on any atom is -0.422 e. The van der Waals surface area contributed by atoms with Crippen molar-refractivity contribution < 1.29 is 9.13 Å². The molecule has 1 aliphatic rings. The lowest BCUT2D eigenvalue weighted by atomic mass is 9.82. The van der Waals surface area contributed by atoms with Gasteiger partial charge in [0.15, 0.2) is 0 Å². The maximum absolute atomic E-state index is 13.5. The van der Waals surface area contributed by atoms with Gasteiger partial charge in [0.05, 0.1) is 22.9 Å². The molecular formula is C22H19FN4O. The number of nitriles is 1. The smallest absolute Gasteiger partial charge is 0.229 e. The molecule has 2 aromatic carbocycles. The van der Waals surface area contributed by atoms with Gasteiger partial charge in [-0.25, -0.2) is 9.07 Å². The Labute approximate surface area is 162 Å². The minimum atomic E-state index is -0.468. The van der Waals surface area contributed by atoms with Gasteiger partial charge in [0.25, 0.3) is 0 Å². The van der Waals surface area contributed by atoms with Crippen molar-refractivity contribution in [3.8, 4) is 17.6 Å². The first-order chi connectivity index (χ1) is 13.5. The molecule has 28 heavy (non-hydrogen) atoms. The molecule has 2 heterocycles. The maximum atomic E-state index is 13.5. The lowest BCUT2D eigenvalue weighted by molar-refractivity contribution is 0.367. The Morgan fingerprint density at radius 1 is 1.14 bits per heavy atom. The van der Waals surface area contributed by atoms with Crippen LogP contribution in [0.15, 0.2) is 66.1 Å². The third-order valence-electron chi connectivity index (χ3n) is 4.83. The van der Waals surface area contributed by atoms with E-state index in [0.29, 0.717) is 11.5 Å². The van der Waals surface area contributed by atoms with Crippen LogP contribution in [-0.4, -0.2) is 9.78 Å². The van der Waals surface area contributed by atoms with Gasteiger partial charge < -0.3 is 10.5 Å². The summed E-state index contributed by atoms with van der Waals surface area (Å²) in [6, 6.07) is 17.9. The highest BCUT2D eigenvalue weighted by Crippen LogP contribution is 2.46. The van der Waals surface area contributed by atoms with Crippen molar-refractivity contribution in [1.29, 1.82) is 5.26 Å². The van der Waals surface area contributed by atoms with Gasteiger partial charge in [0.1, 0.15) is 17.5 Å². The fraction of sp³-hybridized carbons (Fsp3) is 0.182. The Morgan fingerprint density at radius 3 is 2.43 bits per heavy atom. The number of rotatable bonds is 3. The molecule has 140 valence electrons. The molecule has 0 saturated heterocycles. The predicted octanol–water partition coefficient (Wildman–Crippen LogP) is 4.35. The second-order valence-corrected chi connectivity index (χ2v) is 6.98. The summed E-state index contributed by atoms with van der Waals surface area (Å²) in [5, 5.41) is 14.5. The molecule has 5 nitrogen and oxygen atoms in total. The molecule has 1 atom stereocenters.